The predicted octanol–water partition coefficient (Wildman–Crippen LogP) is 4.40. The van der Waals surface area contributed by atoms with Crippen molar-refractivity contribution >= 4 is 29.0 Å². The van der Waals surface area contributed by atoms with Gasteiger partial charge in [-0.3, -0.25) is 14.8 Å². The molecule has 0 atom stereocenters. The fraction of sp³-hybridized carbons (Fsp3) is 0.125. The zero-order valence-corrected chi connectivity index (χ0v) is 18.3. The van der Waals surface area contributed by atoms with Crippen molar-refractivity contribution < 1.29 is 9.90 Å². The molecule has 0 unspecified atom stereocenters. The number of hydrogen-bond donors (Lipinski definition) is 2. The number of benzene rings is 2. The molecule has 0 radical (unpaired) electrons. The summed E-state index contributed by atoms with van der Waals surface area (Å²) in [5.74, 6) is -0.281. The Hall–Kier alpha value is -3.00. The number of aliphatic hydroxyl groups is 1. The number of aromatic nitrogens is 2. The Kier molecular flexibility index (Phi) is 6.76. The van der Waals surface area contributed by atoms with Crippen molar-refractivity contribution in [3.05, 3.63) is 108 Å². The molecule has 0 aliphatic carbocycles. The second-order valence-corrected chi connectivity index (χ2v) is 9.21. The number of nitrogens with one attached hydrogen (secondary N) is 1. The Morgan fingerprint density at radius 3 is 2.29 bits per heavy atom. The molecule has 2 heterocycles. The van der Waals surface area contributed by atoms with Crippen molar-refractivity contribution in [3.8, 4) is 0 Å². The Balaban J connectivity index is 1.57. The van der Waals surface area contributed by atoms with Gasteiger partial charge in [0.1, 0.15) is 5.69 Å². The standard InChI is InChI=1S/C24H21N3O2S2/c28-16-24(18-7-3-1-4-8-18,19-9-5-2-6-10-19)15-27-23(29)21-13-20(11-12-26-21)31-22-14-25-17-30-22/h1-14,17,28H,15-16H2,(H,27,29). The monoisotopic (exact) mass is 447 g/mol. The molecule has 4 aromatic rings. The fourth-order valence-electron chi connectivity index (χ4n) is 3.41. The topological polar surface area (TPSA) is 75.1 Å². The zero-order chi connectivity index (χ0) is 21.5. The molecular formula is C24H21N3O2S2. The van der Waals surface area contributed by atoms with Gasteiger partial charge in [0, 0.05) is 17.6 Å². The molecule has 0 saturated carbocycles. The van der Waals surface area contributed by atoms with Gasteiger partial charge in [0.05, 0.1) is 27.9 Å². The summed E-state index contributed by atoms with van der Waals surface area (Å²) in [6.07, 6.45) is 3.43. The molecule has 4 rings (SSSR count). The van der Waals surface area contributed by atoms with E-state index in [1.807, 2.05) is 66.7 Å². The van der Waals surface area contributed by atoms with Gasteiger partial charge in [-0.2, -0.15) is 0 Å². The van der Waals surface area contributed by atoms with Crippen LogP contribution >= 0.6 is 23.1 Å². The number of thiazole rings is 1. The Bertz CT molecular complexity index is 1080. The minimum absolute atomic E-state index is 0.143. The maximum atomic E-state index is 13.0. The third-order valence-electron chi connectivity index (χ3n) is 5.07. The Labute approximate surface area is 189 Å². The average Bonchev–Trinajstić information content (AvgIpc) is 3.34. The van der Waals surface area contributed by atoms with Gasteiger partial charge in [0.2, 0.25) is 0 Å². The Morgan fingerprint density at radius 2 is 1.71 bits per heavy atom. The van der Waals surface area contributed by atoms with Crippen LogP contribution in [0.2, 0.25) is 0 Å². The van der Waals surface area contributed by atoms with Crippen molar-refractivity contribution in [2.45, 2.75) is 14.5 Å². The third-order valence-corrected chi connectivity index (χ3v) is 6.97. The van der Waals surface area contributed by atoms with E-state index in [9.17, 15) is 9.90 Å². The third kappa shape index (κ3) is 4.85. The van der Waals surface area contributed by atoms with E-state index >= 15 is 0 Å². The molecule has 0 aliphatic heterocycles. The first kappa shape index (κ1) is 21.2. The first-order valence-electron chi connectivity index (χ1n) is 9.74. The van der Waals surface area contributed by atoms with Gasteiger partial charge in [-0.05, 0) is 23.3 Å². The minimum Gasteiger partial charge on any atom is -0.395 e. The summed E-state index contributed by atoms with van der Waals surface area (Å²) in [5.41, 5.74) is 3.23. The lowest BCUT2D eigenvalue weighted by molar-refractivity contribution is 0.0933. The van der Waals surface area contributed by atoms with E-state index < -0.39 is 5.41 Å². The first-order valence-corrected chi connectivity index (χ1v) is 11.4. The second-order valence-electron chi connectivity index (χ2n) is 6.95. The largest absolute Gasteiger partial charge is 0.395 e. The van der Waals surface area contributed by atoms with E-state index in [4.69, 9.17) is 0 Å². The number of carbonyl (C=O) groups is 1. The maximum Gasteiger partial charge on any atom is 0.269 e. The Morgan fingerprint density at radius 1 is 1.03 bits per heavy atom. The average molecular weight is 448 g/mol. The quantitative estimate of drug-likeness (QED) is 0.419. The van der Waals surface area contributed by atoms with Crippen LogP contribution in [0.15, 0.2) is 99.8 Å². The normalized spacial score (nSPS) is 11.3. The van der Waals surface area contributed by atoms with E-state index in [0.29, 0.717) is 5.69 Å². The van der Waals surface area contributed by atoms with Crippen LogP contribution in [0.1, 0.15) is 21.6 Å². The van der Waals surface area contributed by atoms with Crippen LogP contribution < -0.4 is 5.32 Å². The minimum atomic E-state index is -0.757. The van der Waals surface area contributed by atoms with E-state index in [0.717, 1.165) is 20.2 Å². The van der Waals surface area contributed by atoms with E-state index in [-0.39, 0.29) is 19.1 Å². The molecule has 0 saturated heterocycles. The number of nitrogens with zero attached hydrogens (tertiary/aromatic N) is 2. The zero-order valence-electron chi connectivity index (χ0n) is 16.6. The molecule has 0 spiro atoms. The van der Waals surface area contributed by atoms with Crippen LogP contribution in [0.4, 0.5) is 0 Å². The summed E-state index contributed by atoms with van der Waals surface area (Å²) in [7, 11) is 0. The number of aliphatic hydroxyl groups excluding tert-OH is 1. The highest BCUT2D eigenvalue weighted by molar-refractivity contribution is 8.01. The van der Waals surface area contributed by atoms with Gasteiger partial charge < -0.3 is 10.4 Å². The lowest BCUT2D eigenvalue weighted by Crippen LogP contribution is -2.44. The van der Waals surface area contributed by atoms with Crippen molar-refractivity contribution in [1.82, 2.24) is 15.3 Å². The molecule has 0 aliphatic rings. The lowest BCUT2D eigenvalue weighted by atomic mass is 9.75. The molecule has 2 aromatic heterocycles. The predicted molar refractivity (Wildman–Crippen MR) is 124 cm³/mol. The second kappa shape index (κ2) is 9.87. The molecule has 2 N–H and O–H groups in total. The van der Waals surface area contributed by atoms with Crippen LogP contribution in [0.5, 0.6) is 0 Å². The molecule has 0 fully saturated rings. The first-order chi connectivity index (χ1) is 15.2. The van der Waals surface area contributed by atoms with Crippen molar-refractivity contribution in [2.75, 3.05) is 13.2 Å². The molecule has 31 heavy (non-hydrogen) atoms. The summed E-state index contributed by atoms with van der Waals surface area (Å²) in [6, 6.07) is 23.1. The van der Waals surface area contributed by atoms with Gasteiger partial charge in [-0.15, -0.1) is 11.3 Å². The van der Waals surface area contributed by atoms with Gasteiger partial charge in [-0.25, -0.2) is 0 Å². The van der Waals surface area contributed by atoms with Crippen molar-refractivity contribution in [1.29, 1.82) is 0 Å². The smallest absolute Gasteiger partial charge is 0.269 e. The molecule has 1 amide bonds. The van der Waals surface area contributed by atoms with Crippen LogP contribution in [0.25, 0.3) is 0 Å². The summed E-state index contributed by atoms with van der Waals surface area (Å²) in [4.78, 5) is 22.2. The van der Waals surface area contributed by atoms with E-state index in [1.54, 1.807) is 47.1 Å². The molecule has 156 valence electrons. The summed E-state index contributed by atoms with van der Waals surface area (Å²) in [6.45, 7) is 0.0975. The molecule has 0 bridgehead atoms. The van der Waals surface area contributed by atoms with Gasteiger partial charge in [-0.1, -0.05) is 72.4 Å². The van der Waals surface area contributed by atoms with Crippen LogP contribution in [-0.4, -0.2) is 34.1 Å². The number of carbonyl (C=O) groups excluding carboxylic acids is 1. The van der Waals surface area contributed by atoms with Crippen LogP contribution in [0, 0.1) is 0 Å². The summed E-state index contributed by atoms with van der Waals surface area (Å²) < 4.78 is 1.05. The van der Waals surface area contributed by atoms with Gasteiger partial charge in [0.25, 0.3) is 5.91 Å². The SMILES string of the molecule is O=C(NCC(CO)(c1ccccc1)c1ccccc1)c1cc(Sc2cncs2)ccn1. The lowest BCUT2D eigenvalue weighted by Gasteiger charge is -2.33. The number of hydrogen-bond acceptors (Lipinski definition) is 6. The highest BCUT2D eigenvalue weighted by Gasteiger charge is 2.34. The van der Waals surface area contributed by atoms with Crippen molar-refractivity contribution in [2.24, 2.45) is 0 Å². The number of rotatable bonds is 8. The number of pyridine rings is 1. The molecule has 2 aromatic carbocycles. The highest BCUT2D eigenvalue weighted by Crippen LogP contribution is 2.32. The van der Waals surface area contributed by atoms with Crippen LogP contribution in [0.3, 0.4) is 0 Å². The maximum absolute atomic E-state index is 13.0. The highest BCUT2D eigenvalue weighted by atomic mass is 32.2. The molecular weight excluding hydrogens is 426 g/mol. The van der Waals surface area contributed by atoms with Gasteiger partial charge >= 0.3 is 0 Å². The summed E-state index contributed by atoms with van der Waals surface area (Å²) >= 11 is 3.09. The van der Waals surface area contributed by atoms with Gasteiger partial charge in [0.15, 0.2) is 0 Å². The molecule has 7 heteroatoms. The van der Waals surface area contributed by atoms with E-state index in [2.05, 4.69) is 15.3 Å². The van der Waals surface area contributed by atoms with E-state index in [1.165, 1.54) is 0 Å². The fourth-order valence-corrected chi connectivity index (χ4v) is 5.02. The number of amides is 1. The summed E-state index contributed by atoms with van der Waals surface area (Å²) in [5, 5.41) is 13.5. The van der Waals surface area contributed by atoms with Crippen molar-refractivity contribution in [3.63, 3.8) is 0 Å². The van der Waals surface area contributed by atoms with Crippen LogP contribution in [-0.2, 0) is 5.41 Å². The molecule has 5 nitrogen and oxygen atoms in total.